The Balaban J connectivity index is 2.32. The fourth-order valence-electron chi connectivity index (χ4n) is 2.12. The van der Waals surface area contributed by atoms with Crippen LogP contribution in [-0.4, -0.2) is 21.4 Å². The van der Waals surface area contributed by atoms with E-state index in [1.54, 1.807) is 6.92 Å². The van der Waals surface area contributed by atoms with Gasteiger partial charge in [0.25, 0.3) is 5.91 Å². The van der Waals surface area contributed by atoms with E-state index in [4.69, 9.17) is 0 Å². The topological polar surface area (TPSA) is 75.3 Å². The summed E-state index contributed by atoms with van der Waals surface area (Å²) in [4.78, 5) is 12.1. The Bertz CT molecular complexity index is 909. The van der Waals surface area contributed by atoms with Crippen LogP contribution in [0.5, 0.6) is 0 Å². The van der Waals surface area contributed by atoms with Gasteiger partial charge < -0.3 is 5.32 Å². The molecule has 0 radical (unpaired) electrons. The number of hydrogen-bond donors (Lipinski definition) is 2. The van der Waals surface area contributed by atoms with Crippen molar-refractivity contribution in [3.05, 3.63) is 59.2 Å². The van der Waals surface area contributed by atoms with Crippen molar-refractivity contribution < 1.29 is 26.4 Å². The normalized spacial score (nSPS) is 12.0. The molecule has 0 aliphatic rings. The summed E-state index contributed by atoms with van der Waals surface area (Å²) >= 11 is 0. The van der Waals surface area contributed by atoms with Crippen molar-refractivity contribution in [2.24, 2.45) is 0 Å². The van der Waals surface area contributed by atoms with Crippen LogP contribution in [0, 0.1) is 6.92 Å². The second-order valence-corrected chi connectivity index (χ2v) is 7.08. The van der Waals surface area contributed by atoms with E-state index in [0.717, 1.165) is 18.2 Å². The van der Waals surface area contributed by atoms with E-state index in [1.165, 1.54) is 31.3 Å². The summed E-state index contributed by atoms with van der Waals surface area (Å²) in [6.07, 6.45) is -4.56. The molecule has 2 N–H and O–H groups in total. The minimum atomic E-state index is -4.56. The number of halogens is 3. The van der Waals surface area contributed by atoms with Gasteiger partial charge in [-0.25, -0.2) is 13.1 Å². The Morgan fingerprint density at radius 1 is 1.08 bits per heavy atom. The molecule has 0 aromatic heterocycles. The van der Waals surface area contributed by atoms with Gasteiger partial charge in [-0.2, -0.15) is 13.2 Å². The standard InChI is InChI=1S/C16H15F3N2O3S/c1-10-6-7-13(9-14(10)25(23,24)20-2)21-15(22)11-4-3-5-12(8-11)16(17,18)19/h3-9,20H,1-2H3,(H,21,22). The third kappa shape index (κ3) is 4.37. The first-order chi connectivity index (χ1) is 11.5. The van der Waals surface area contributed by atoms with Crippen LogP contribution in [0.4, 0.5) is 18.9 Å². The lowest BCUT2D eigenvalue weighted by molar-refractivity contribution is -0.137. The van der Waals surface area contributed by atoms with Gasteiger partial charge in [0.05, 0.1) is 10.5 Å². The third-order valence-corrected chi connectivity index (χ3v) is 5.01. The molecule has 0 saturated carbocycles. The summed E-state index contributed by atoms with van der Waals surface area (Å²) in [6, 6.07) is 8.16. The smallest absolute Gasteiger partial charge is 0.322 e. The fourth-order valence-corrected chi connectivity index (χ4v) is 3.11. The van der Waals surface area contributed by atoms with E-state index < -0.39 is 27.7 Å². The van der Waals surface area contributed by atoms with Crippen molar-refractivity contribution in [3.63, 3.8) is 0 Å². The van der Waals surface area contributed by atoms with Gasteiger partial charge in [-0.3, -0.25) is 4.79 Å². The largest absolute Gasteiger partial charge is 0.416 e. The predicted octanol–water partition coefficient (Wildman–Crippen LogP) is 3.17. The molecule has 0 bridgehead atoms. The summed E-state index contributed by atoms with van der Waals surface area (Å²) < 4.78 is 64.2. The Hall–Kier alpha value is -2.39. The summed E-state index contributed by atoms with van der Waals surface area (Å²) in [5, 5.41) is 2.40. The summed E-state index contributed by atoms with van der Waals surface area (Å²) in [5.74, 6) is -0.775. The van der Waals surface area contributed by atoms with Crippen molar-refractivity contribution in [1.29, 1.82) is 0 Å². The molecule has 134 valence electrons. The van der Waals surface area contributed by atoms with Crippen molar-refractivity contribution in [2.45, 2.75) is 18.0 Å². The van der Waals surface area contributed by atoms with Crippen LogP contribution in [0.1, 0.15) is 21.5 Å². The summed E-state index contributed by atoms with van der Waals surface area (Å²) in [5.41, 5.74) is -0.510. The average Bonchev–Trinajstić information content (AvgIpc) is 2.55. The van der Waals surface area contributed by atoms with Crippen LogP contribution in [0.3, 0.4) is 0 Å². The maximum absolute atomic E-state index is 12.7. The number of hydrogen-bond acceptors (Lipinski definition) is 3. The van der Waals surface area contributed by atoms with Crippen molar-refractivity contribution in [2.75, 3.05) is 12.4 Å². The quantitative estimate of drug-likeness (QED) is 0.866. The zero-order valence-electron chi connectivity index (χ0n) is 13.3. The molecule has 2 aromatic carbocycles. The van der Waals surface area contributed by atoms with E-state index in [1.807, 2.05) is 0 Å². The van der Waals surface area contributed by atoms with Crippen LogP contribution in [0.2, 0.25) is 0 Å². The lowest BCUT2D eigenvalue weighted by Crippen LogP contribution is -2.20. The van der Waals surface area contributed by atoms with E-state index in [9.17, 15) is 26.4 Å². The highest BCUT2D eigenvalue weighted by Gasteiger charge is 2.30. The number of anilines is 1. The SMILES string of the molecule is CNS(=O)(=O)c1cc(NC(=O)c2cccc(C(F)(F)F)c2)ccc1C. The fraction of sp³-hybridized carbons (Fsp3) is 0.188. The van der Waals surface area contributed by atoms with Gasteiger partial charge >= 0.3 is 6.18 Å². The number of carbonyl (C=O) groups excluding carboxylic acids is 1. The molecule has 9 heteroatoms. The number of amides is 1. The monoisotopic (exact) mass is 372 g/mol. The second kappa shape index (κ2) is 6.85. The number of aryl methyl sites for hydroxylation is 1. The second-order valence-electron chi connectivity index (χ2n) is 5.22. The van der Waals surface area contributed by atoms with Gasteiger partial charge in [-0.15, -0.1) is 0 Å². The third-order valence-electron chi connectivity index (χ3n) is 3.46. The van der Waals surface area contributed by atoms with E-state index in [2.05, 4.69) is 10.0 Å². The molecule has 0 spiro atoms. The number of nitrogens with one attached hydrogen (secondary N) is 2. The number of alkyl halides is 3. The molecule has 0 atom stereocenters. The molecule has 25 heavy (non-hydrogen) atoms. The first-order valence-corrected chi connectivity index (χ1v) is 8.56. The zero-order valence-corrected chi connectivity index (χ0v) is 14.1. The summed E-state index contributed by atoms with van der Waals surface area (Å²) in [7, 11) is -2.48. The number of rotatable bonds is 4. The van der Waals surface area contributed by atoms with Gasteiger partial charge in [-0.1, -0.05) is 12.1 Å². The van der Waals surface area contributed by atoms with Gasteiger partial charge in [-0.05, 0) is 49.9 Å². The number of carbonyl (C=O) groups is 1. The Morgan fingerprint density at radius 3 is 2.36 bits per heavy atom. The highest BCUT2D eigenvalue weighted by molar-refractivity contribution is 7.89. The number of benzene rings is 2. The molecule has 5 nitrogen and oxygen atoms in total. The zero-order chi connectivity index (χ0) is 18.8. The minimum Gasteiger partial charge on any atom is -0.322 e. The molecule has 0 aliphatic heterocycles. The highest BCUT2D eigenvalue weighted by atomic mass is 32.2. The first-order valence-electron chi connectivity index (χ1n) is 7.07. The van der Waals surface area contributed by atoms with Crippen molar-refractivity contribution in [3.8, 4) is 0 Å². The number of sulfonamides is 1. The molecule has 1 amide bonds. The van der Waals surface area contributed by atoms with Crippen LogP contribution < -0.4 is 10.0 Å². The maximum atomic E-state index is 12.7. The van der Waals surface area contributed by atoms with Crippen LogP contribution in [0.15, 0.2) is 47.4 Å². The molecular formula is C16H15F3N2O3S. The average molecular weight is 372 g/mol. The molecule has 0 aliphatic carbocycles. The molecule has 2 rings (SSSR count). The Labute approximate surface area is 142 Å². The van der Waals surface area contributed by atoms with E-state index in [0.29, 0.717) is 5.56 Å². The Kier molecular flexibility index (Phi) is 5.19. The highest BCUT2D eigenvalue weighted by Crippen LogP contribution is 2.29. The lowest BCUT2D eigenvalue weighted by Gasteiger charge is -2.11. The van der Waals surface area contributed by atoms with Gasteiger partial charge in [0.1, 0.15) is 0 Å². The molecular weight excluding hydrogens is 357 g/mol. The minimum absolute atomic E-state index is 0.0307. The van der Waals surface area contributed by atoms with Crippen LogP contribution >= 0.6 is 0 Å². The Morgan fingerprint density at radius 2 is 1.76 bits per heavy atom. The maximum Gasteiger partial charge on any atom is 0.416 e. The first kappa shape index (κ1) is 18.9. The van der Waals surface area contributed by atoms with E-state index >= 15 is 0 Å². The predicted molar refractivity (Wildman–Crippen MR) is 86.8 cm³/mol. The van der Waals surface area contributed by atoms with Gasteiger partial charge in [0.15, 0.2) is 0 Å². The molecule has 0 fully saturated rings. The molecule has 0 unspecified atom stereocenters. The molecule has 2 aromatic rings. The van der Waals surface area contributed by atoms with Gasteiger partial charge in [0, 0.05) is 11.3 Å². The van der Waals surface area contributed by atoms with E-state index in [-0.39, 0.29) is 16.1 Å². The molecule has 0 saturated heterocycles. The summed E-state index contributed by atoms with van der Waals surface area (Å²) in [6.45, 7) is 1.59. The van der Waals surface area contributed by atoms with Crippen molar-refractivity contribution >= 4 is 21.6 Å². The lowest BCUT2D eigenvalue weighted by atomic mass is 10.1. The molecule has 0 heterocycles. The van der Waals surface area contributed by atoms with Crippen molar-refractivity contribution in [1.82, 2.24) is 4.72 Å². The van der Waals surface area contributed by atoms with Crippen LogP contribution in [0.25, 0.3) is 0 Å². The van der Waals surface area contributed by atoms with Gasteiger partial charge in [0.2, 0.25) is 10.0 Å². The van der Waals surface area contributed by atoms with Crippen LogP contribution in [-0.2, 0) is 16.2 Å².